The zero-order valence-corrected chi connectivity index (χ0v) is 9.82. The molecule has 0 fully saturated rings. The molecule has 0 saturated carbocycles. The van der Waals surface area contributed by atoms with Gasteiger partial charge in [0.1, 0.15) is 10.2 Å². The monoisotopic (exact) mass is 226 g/mol. The van der Waals surface area contributed by atoms with Gasteiger partial charge in [0.2, 0.25) is 0 Å². The lowest BCUT2D eigenvalue weighted by molar-refractivity contribution is 0.752. The molecular weight excluding hydrogens is 216 g/mol. The number of hydrogen-bond acceptors (Lipinski definition) is 3. The van der Waals surface area contributed by atoms with Crippen molar-refractivity contribution in [2.24, 2.45) is 21.1 Å². The van der Waals surface area contributed by atoms with Gasteiger partial charge in [-0.15, -0.1) is 0 Å². The summed E-state index contributed by atoms with van der Waals surface area (Å²) < 4.78 is 6.99. The highest BCUT2D eigenvalue weighted by molar-refractivity contribution is 7.72. The van der Waals surface area contributed by atoms with Crippen LogP contribution in [0.1, 0.15) is 0 Å². The Morgan fingerprint density at radius 2 is 1.79 bits per heavy atom. The summed E-state index contributed by atoms with van der Waals surface area (Å²) in [6, 6.07) is 0. The van der Waals surface area contributed by atoms with Gasteiger partial charge in [-0.1, -0.05) is 12.2 Å². The fraction of sp³-hybridized carbons (Fsp3) is 0.375. The Balaban J connectivity index is 3.22. The van der Waals surface area contributed by atoms with E-state index >= 15 is 0 Å². The van der Waals surface area contributed by atoms with E-state index in [1.54, 1.807) is 6.33 Å². The first-order chi connectivity index (χ1) is 6.54. The Kier molecular flexibility index (Phi) is 2.04. The molecule has 0 amide bonds. The Morgan fingerprint density at radius 3 is 2.43 bits per heavy atom. The minimum atomic E-state index is 0.682. The first-order valence-electron chi connectivity index (χ1n) is 4.11. The molecule has 0 unspecified atom stereocenters. The smallest absolute Gasteiger partial charge is 0.182 e. The molecule has 0 bridgehead atoms. The average molecular weight is 226 g/mol. The van der Waals surface area contributed by atoms with E-state index in [0.29, 0.717) is 4.77 Å². The summed E-state index contributed by atoms with van der Waals surface area (Å²) in [7, 11) is 5.69. The Bertz CT molecular complexity index is 617. The Hall–Kier alpha value is -1.01. The number of aromatic nitrogens is 4. The van der Waals surface area contributed by atoms with E-state index in [4.69, 9.17) is 24.4 Å². The molecule has 0 aliphatic heterocycles. The molecule has 6 heteroatoms. The van der Waals surface area contributed by atoms with Crippen LogP contribution in [0.2, 0.25) is 0 Å². The third-order valence-electron chi connectivity index (χ3n) is 2.32. The molecule has 0 aromatic carbocycles. The van der Waals surface area contributed by atoms with Crippen molar-refractivity contribution in [2.75, 3.05) is 0 Å². The van der Waals surface area contributed by atoms with E-state index in [0.717, 1.165) is 15.8 Å². The summed E-state index contributed by atoms with van der Waals surface area (Å²) in [5.41, 5.74) is 1.78. The van der Waals surface area contributed by atoms with Crippen LogP contribution in [0.5, 0.6) is 0 Å². The van der Waals surface area contributed by atoms with Gasteiger partial charge in [-0.2, -0.15) is 0 Å². The van der Waals surface area contributed by atoms with Gasteiger partial charge in [-0.3, -0.25) is 0 Å². The van der Waals surface area contributed by atoms with Crippen molar-refractivity contribution < 1.29 is 0 Å². The fourth-order valence-electron chi connectivity index (χ4n) is 1.47. The number of fused-ring (bicyclic) bond motifs is 1. The normalized spacial score (nSPS) is 11.1. The van der Waals surface area contributed by atoms with Crippen LogP contribution in [0.4, 0.5) is 0 Å². The van der Waals surface area contributed by atoms with Gasteiger partial charge in [0, 0.05) is 21.1 Å². The first-order valence-corrected chi connectivity index (χ1v) is 4.92. The molecule has 0 aliphatic carbocycles. The van der Waals surface area contributed by atoms with E-state index in [-0.39, 0.29) is 0 Å². The van der Waals surface area contributed by atoms with E-state index in [1.165, 1.54) is 0 Å². The molecule has 4 nitrogen and oxygen atoms in total. The van der Waals surface area contributed by atoms with Gasteiger partial charge >= 0.3 is 0 Å². The number of imidazole rings is 1. The average Bonchev–Trinajstić information content (AvgIpc) is 2.54. The van der Waals surface area contributed by atoms with Crippen LogP contribution in [0, 0.1) is 9.41 Å². The van der Waals surface area contributed by atoms with E-state index < -0.39 is 0 Å². The van der Waals surface area contributed by atoms with Crippen molar-refractivity contribution in [3.05, 3.63) is 15.7 Å². The second kappa shape index (κ2) is 2.99. The largest absolute Gasteiger partial charge is 0.330 e. The molecule has 14 heavy (non-hydrogen) atoms. The van der Waals surface area contributed by atoms with Crippen molar-refractivity contribution >= 4 is 35.6 Å². The molecule has 0 saturated heterocycles. The standard InChI is InChI=1S/C8H10N4S2/c1-10-4-9-6-5(10)7(13)12(3)8(14)11(6)2/h4H,1-3H3. The molecule has 2 aromatic heterocycles. The van der Waals surface area contributed by atoms with Crippen LogP contribution in [-0.4, -0.2) is 18.7 Å². The van der Waals surface area contributed by atoms with E-state index in [1.807, 2.05) is 34.8 Å². The lowest BCUT2D eigenvalue weighted by Gasteiger charge is -2.06. The zero-order chi connectivity index (χ0) is 10.5. The maximum absolute atomic E-state index is 5.31. The minimum Gasteiger partial charge on any atom is -0.330 e. The van der Waals surface area contributed by atoms with Crippen LogP contribution in [0.15, 0.2) is 6.33 Å². The molecule has 2 heterocycles. The summed E-state index contributed by atoms with van der Waals surface area (Å²) >= 11 is 10.5. The zero-order valence-electron chi connectivity index (χ0n) is 8.18. The number of rotatable bonds is 0. The van der Waals surface area contributed by atoms with Crippen molar-refractivity contribution in [1.82, 2.24) is 18.7 Å². The molecule has 0 spiro atoms. The first kappa shape index (κ1) is 9.54. The number of nitrogens with zero attached hydrogens (tertiary/aromatic N) is 4. The highest BCUT2D eigenvalue weighted by atomic mass is 32.1. The van der Waals surface area contributed by atoms with Gasteiger partial charge in [0.05, 0.1) is 6.33 Å². The van der Waals surface area contributed by atoms with Crippen molar-refractivity contribution in [3.8, 4) is 0 Å². The van der Waals surface area contributed by atoms with Crippen LogP contribution in [0.3, 0.4) is 0 Å². The lowest BCUT2D eigenvalue weighted by Crippen LogP contribution is -2.06. The van der Waals surface area contributed by atoms with Crippen molar-refractivity contribution in [1.29, 1.82) is 0 Å². The summed E-state index contributed by atoms with van der Waals surface area (Å²) in [4.78, 5) is 4.26. The summed E-state index contributed by atoms with van der Waals surface area (Å²) in [6.07, 6.45) is 1.75. The van der Waals surface area contributed by atoms with Gasteiger partial charge < -0.3 is 13.7 Å². The molecule has 2 rings (SSSR count). The van der Waals surface area contributed by atoms with Crippen LogP contribution >= 0.6 is 24.4 Å². The van der Waals surface area contributed by atoms with Crippen LogP contribution in [0.25, 0.3) is 11.2 Å². The lowest BCUT2D eigenvalue weighted by atomic mass is 10.5. The molecular formula is C8H10N4S2. The van der Waals surface area contributed by atoms with Gasteiger partial charge in [0.15, 0.2) is 10.4 Å². The maximum Gasteiger partial charge on any atom is 0.182 e. The predicted molar refractivity (Wildman–Crippen MR) is 60.3 cm³/mol. The molecule has 2 aromatic rings. The van der Waals surface area contributed by atoms with E-state index in [9.17, 15) is 0 Å². The quantitative estimate of drug-likeness (QED) is 0.640. The topological polar surface area (TPSA) is 27.7 Å². The Labute approximate surface area is 91.4 Å². The highest BCUT2D eigenvalue weighted by Gasteiger charge is 2.07. The fourth-order valence-corrected chi connectivity index (χ4v) is 2.03. The second-order valence-corrected chi connectivity index (χ2v) is 3.99. The molecule has 0 N–H and O–H groups in total. The summed E-state index contributed by atoms with van der Waals surface area (Å²) in [5, 5.41) is 0. The van der Waals surface area contributed by atoms with Crippen LogP contribution in [-0.2, 0) is 21.1 Å². The molecule has 0 radical (unpaired) electrons. The minimum absolute atomic E-state index is 0.682. The van der Waals surface area contributed by atoms with Crippen molar-refractivity contribution in [2.45, 2.75) is 0 Å². The number of hydrogen-bond donors (Lipinski definition) is 0. The van der Waals surface area contributed by atoms with Gasteiger partial charge in [0.25, 0.3) is 0 Å². The SMILES string of the molecule is Cn1c(=S)c2c(ncn2C)n(C)c1=S. The van der Waals surface area contributed by atoms with E-state index in [2.05, 4.69) is 4.98 Å². The molecule has 0 atom stereocenters. The van der Waals surface area contributed by atoms with Crippen LogP contribution < -0.4 is 0 Å². The third kappa shape index (κ3) is 1.07. The summed E-state index contributed by atoms with van der Waals surface area (Å²) in [5.74, 6) is 0. The summed E-state index contributed by atoms with van der Waals surface area (Å²) in [6.45, 7) is 0. The second-order valence-electron chi connectivity index (χ2n) is 3.23. The van der Waals surface area contributed by atoms with Gasteiger partial charge in [-0.05, 0) is 12.2 Å². The molecule has 74 valence electrons. The number of aryl methyl sites for hydroxylation is 2. The third-order valence-corrected chi connectivity index (χ3v) is 3.33. The maximum atomic E-state index is 5.31. The predicted octanol–water partition coefficient (Wildman–Crippen LogP) is 1.71. The molecule has 0 aliphatic rings. The highest BCUT2D eigenvalue weighted by Crippen LogP contribution is 2.13. The van der Waals surface area contributed by atoms with Crippen molar-refractivity contribution in [3.63, 3.8) is 0 Å². The Morgan fingerprint density at radius 1 is 1.14 bits per heavy atom. The van der Waals surface area contributed by atoms with Gasteiger partial charge in [-0.25, -0.2) is 4.98 Å².